The van der Waals surface area contributed by atoms with Crippen LogP contribution < -0.4 is 0 Å². The summed E-state index contributed by atoms with van der Waals surface area (Å²) in [6, 6.07) is 0. The molecular formula is C11H17N3O. The molecule has 2 aliphatic rings. The molecule has 0 unspecified atom stereocenters. The van der Waals surface area contributed by atoms with Crippen LogP contribution in [0.15, 0.2) is 0 Å². The Kier molecular flexibility index (Phi) is 2.06. The topological polar surface area (TPSA) is 39.9 Å². The van der Waals surface area contributed by atoms with Crippen LogP contribution in [0.1, 0.15) is 37.3 Å². The first-order valence-electron chi connectivity index (χ1n) is 5.80. The van der Waals surface area contributed by atoms with Crippen LogP contribution in [0.25, 0.3) is 0 Å². The first-order valence-corrected chi connectivity index (χ1v) is 5.80. The number of fused-ring (bicyclic) bond motifs is 2. The molecule has 3 heterocycles. The Bertz CT molecular complexity index is 366. The Labute approximate surface area is 89.6 Å². The van der Waals surface area contributed by atoms with Crippen LogP contribution in [-0.4, -0.2) is 28.0 Å². The molecule has 0 aliphatic carbocycles. The van der Waals surface area contributed by atoms with Gasteiger partial charge in [-0.25, -0.2) is 0 Å². The summed E-state index contributed by atoms with van der Waals surface area (Å²) in [7, 11) is 0. The zero-order chi connectivity index (χ0) is 10.3. The number of aryl methyl sites for hydroxylation is 1. The molecule has 0 bridgehead atoms. The molecule has 0 saturated carbocycles. The second-order valence-corrected chi connectivity index (χ2v) is 4.72. The van der Waals surface area contributed by atoms with E-state index >= 15 is 0 Å². The Balaban J connectivity index is 2.04. The predicted molar refractivity (Wildman–Crippen MR) is 55.7 cm³/mol. The molecule has 1 spiro atoms. The first-order chi connectivity index (χ1) is 7.32. The highest BCUT2D eigenvalue weighted by Gasteiger charge is 2.40. The Morgan fingerprint density at radius 1 is 1.20 bits per heavy atom. The van der Waals surface area contributed by atoms with E-state index in [-0.39, 0.29) is 5.41 Å². The molecule has 1 aromatic rings. The monoisotopic (exact) mass is 207 g/mol. The molecule has 0 radical (unpaired) electrons. The van der Waals surface area contributed by atoms with Gasteiger partial charge in [0.1, 0.15) is 11.6 Å². The molecule has 1 saturated heterocycles. The Morgan fingerprint density at radius 2 is 2.00 bits per heavy atom. The molecular weight excluding hydrogens is 190 g/mol. The number of hydrogen-bond acceptors (Lipinski definition) is 3. The maximum Gasteiger partial charge on any atom is 0.139 e. The number of hydrogen-bond donors (Lipinski definition) is 0. The zero-order valence-corrected chi connectivity index (χ0v) is 9.20. The molecule has 15 heavy (non-hydrogen) atoms. The van der Waals surface area contributed by atoms with Gasteiger partial charge in [0.2, 0.25) is 0 Å². The third-order valence-electron chi connectivity index (χ3n) is 3.90. The van der Waals surface area contributed by atoms with E-state index in [0.29, 0.717) is 0 Å². The third-order valence-corrected chi connectivity index (χ3v) is 3.90. The van der Waals surface area contributed by atoms with Crippen molar-refractivity contribution in [3.63, 3.8) is 0 Å². The van der Waals surface area contributed by atoms with Crippen molar-refractivity contribution in [3.8, 4) is 0 Å². The van der Waals surface area contributed by atoms with Gasteiger partial charge in [-0.15, -0.1) is 10.2 Å². The lowest BCUT2D eigenvalue weighted by molar-refractivity contribution is 0.0361. The highest BCUT2D eigenvalue weighted by atomic mass is 16.5. The minimum absolute atomic E-state index is 0.276. The van der Waals surface area contributed by atoms with Gasteiger partial charge in [0.05, 0.1) is 0 Å². The minimum Gasteiger partial charge on any atom is -0.381 e. The molecule has 1 fully saturated rings. The van der Waals surface area contributed by atoms with Crippen LogP contribution in [0, 0.1) is 6.92 Å². The van der Waals surface area contributed by atoms with Crippen LogP contribution >= 0.6 is 0 Å². The Hall–Kier alpha value is -0.900. The quantitative estimate of drug-likeness (QED) is 0.646. The molecule has 3 rings (SSSR count). The summed E-state index contributed by atoms with van der Waals surface area (Å²) < 4.78 is 7.76. The van der Waals surface area contributed by atoms with Crippen molar-refractivity contribution in [1.29, 1.82) is 0 Å². The molecule has 0 N–H and O–H groups in total. The summed E-state index contributed by atoms with van der Waals surface area (Å²) in [6.45, 7) is 4.91. The van der Waals surface area contributed by atoms with E-state index in [1.807, 2.05) is 0 Å². The van der Waals surface area contributed by atoms with Crippen molar-refractivity contribution in [2.24, 2.45) is 0 Å². The normalized spacial score (nSPS) is 24.1. The van der Waals surface area contributed by atoms with Crippen LogP contribution in [0.4, 0.5) is 0 Å². The molecule has 4 heteroatoms. The second-order valence-electron chi connectivity index (χ2n) is 4.72. The van der Waals surface area contributed by atoms with Gasteiger partial charge in [-0.3, -0.25) is 0 Å². The molecule has 0 atom stereocenters. The maximum absolute atomic E-state index is 5.46. The summed E-state index contributed by atoms with van der Waals surface area (Å²) >= 11 is 0. The van der Waals surface area contributed by atoms with Crippen molar-refractivity contribution in [1.82, 2.24) is 14.8 Å². The molecule has 0 aromatic carbocycles. The predicted octanol–water partition coefficient (Wildman–Crippen LogP) is 1.43. The van der Waals surface area contributed by atoms with E-state index in [1.165, 1.54) is 18.7 Å². The molecule has 2 aliphatic heterocycles. The SMILES string of the molecule is Cc1nnc2n1CCCC21CCOCC1. The lowest BCUT2D eigenvalue weighted by Crippen LogP contribution is -2.39. The summed E-state index contributed by atoms with van der Waals surface area (Å²) in [5.74, 6) is 2.28. The van der Waals surface area contributed by atoms with Crippen molar-refractivity contribution < 1.29 is 4.74 Å². The third kappa shape index (κ3) is 1.31. The highest BCUT2D eigenvalue weighted by Crippen LogP contribution is 2.41. The van der Waals surface area contributed by atoms with Gasteiger partial charge in [-0.1, -0.05) is 0 Å². The van der Waals surface area contributed by atoms with Gasteiger partial charge in [0.25, 0.3) is 0 Å². The molecule has 0 amide bonds. The fourth-order valence-corrected chi connectivity index (χ4v) is 2.96. The van der Waals surface area contributed by atoms with E-state index in [9.17, 15) is 0 Å². The average molecular weight is 207 g/mol. The number of ether oxygens (including phenoxy) is 1. The van der Waals surface area contributed by atoms with Crippen LogP contribution in [-0.2, 0) is 16.7 Å². The van der Waals surface area contributed by atoms with Crippen molar-refractivity contribution >= 4 is 0 Å². The number of aromatic nitrogens is 3. The van der Waals surface area contributed by atoms with Gasteiger partial charge in [-0.05, 0) is 32.6 Å². The van der Waals surface area contributed by atoms with E-state index in [2.05, 4.69) is 21.7 Å². The number of nitrogens with zero attached hydrogens (tertiary/aromatic N) is 3. The summed E-state index contributed by atoms with van der Waals surface area (Å²) in [6.07, 6.45) is 4.75. The fraction of sp³-hybridized carbons (Fsp3) is 0.818. The van der Waals surface area contributed by atoms with Crippen LogP contribution in [0.5, 0.6) is 0 Å². The number of rotatable bonds is 0. The molecule has 82 valence electrons. The standard InChI is InChI=1S/C11H17N3O/c1-9-12-13-10-11(3-2-6-14(9)10)4-7-15-8-5-11/h2-8H2,1H3. The van der Waals surface area contributed by atoms with Gasteiger partial charge >= 0.3 is 0 Å². The van der Waals surface area contributed by atoms with Gasteiger partial charge in [-0.2, -0.15) is 0 Å². The summed E-state index contributed by atoms with van der Waals surface area (Å²) in [5, 5.41) is 8.61. The summed E-state index contributed by atoms with van der Waals surface area (Å²) in [5.41, 5.74) is 0.276. The second kappa shape index (κ2) is 3.30. The van der Waals surface area contributed by atoms with E-state index < -0.39 is 0 Å². The average Bonchev–Trinajstić information content (AvgIpc) is 2.64. The van der Waals surface area contributed by atoms with Crippen molar-refractivity contribution in [2.45, 2.75) is 44.6 Å². The van der Waals surface area contributed by atoms with Gasteiger partial charge in [0.15, 0.2) is 0 Å². The lowest BCUT2D eigenvalue weighted by Gasteiger charge is -2.39. The van der Waals surface area contributed by atoms with Gasteiger partial charge in [0, 0.05) is 25.2 Å². The fourth-order valence-electron chi connectivity index (χ4n) is 2.96. The zero-order valence-electron chi connectivity index (χ0n) is 9.20. The summed E-state index contributed by atoms with van der Waals surface area (Å²) in [4.78, 5) is 0. The lowest BCUT2D eigenvalue weighted by atomic mass is 9.74. The van der Waals surface area contributed by atoms with E-state index in [4.69, 9.17) is 4.74 Å². The largest absolute Gasteiger partial charge is 0.381 e. The smallest absolute Gasteiger partial charge is 0.139 e. The van der Waals surface area contributed by atoms with Crippen LogP contribution in [0.3, 0.4) is 0 Å². The molecule has 1 aromatic heterocycles. The maximum atomic E-state index is 5.46. The highest BCUT2D eigenvalue weighted by molar-refractivity contribution is 5.14. The van der Waals surface area contributed by atoms with Crippen molar-refractivity contribution in [3.05, 3.63) is 11.6 Å². The van der Waals surface area contributed by atoms with Gasteiger partial charge < -0.3 is 9.30 Å². The van der Waals surface area contributed by atoms with E-state index in [0.717, 1.165) is 38.4 Å². The first kappa shape index (κ1) is 9.33. The Morgan fingerprint density at radius 3 is 2.80 bits per heavy atom. The van der Waals surface area contributed by atoms with Crippen molar-refractivity contribution in [2.75, 3.05) is 13.2 Å². The minimum atomic E-state index is 0.276. The van der Waals surface area contributed by atoms with Crippen LogP contribution in [0.2, 0.25) is 0 Å². The van der Waals surface area contributed by atoms with E-state index in [1.54, 1.807) is 0 Å². The molecule has 4 nitrogen and oxygen atoms in total.